The first-order valence-corrected chi connectivity index (χ1v) is 5.61. The summed E-state index contributed by atoms with van der Waals surface area (Å²) in [4.78, 5) is 11.3. The summed E-state index contributed by atoms with van der Waals surface area (Å²) < 4.78 is 5.11. The van der Waals surface area contributed by atoms with E-state index in [1.54, 1.807) is 6.92 Å². The molecule has 1 atom stereocenters. The zero-order chi connectivity index (χ0) is 11.3. The molecule has 1 fully saturated rings. The van der Waals surface area contributed by atoms with Crippen LogP contribution in [0.3, 0.4) is 0 Å². The molecule has 0 radical (unpaired) electrons. The fraction of sp³-hybridized carbons (Fsp3) is 0.909. The second kappa shape index (κ2) is 5.47. The first kappa shape index (κ1) is 12.5. The molecule has 0 aliphatic heterocycles. The number of carbonyl (C=O) groups excluding carboxylic acids is 1. The van der Waals surface area contributed by atoms with Crippen LogP contribution in [0.25, 0.3) is 0 Å². The van der Waals surface area contributed by atoms with Crippen molar-refractivity contribution in [1.82, 2.24) is 0 Å². The maximum absolute atomic E-state index is 11.3. The van der Waals surface area contributed by atoms with Gasteiger partial charge in [0.05, 0.1) is 18.6 Å². The number of nitrogens with two attached hydrogens (primary N) is 1. The van der Waals surface area contributed by atoms with Crippen LogP contribution in [-0.4, -0.2) is 29.8 Å². The Hall–Kier alpha value is -0.610. The maximum Gasteiger partial charge on any atom is 0.308 e. The molecule has 0 aromatic heterocycles. The van der Waals surface area contributed by atoms with Crippen LogP contribution in [0.15, 0.2) is 0 Å². The molecule has 1 aliphatic carbocycles. The fourth-order valence-electron chi connectivity index (χ4n) is 1.82. The van der Waals surface area contributed by atoms with E-state index < -0.39 is 5.60 Å². The van der Waals surface area contributed by atoms with Gasteiger partial charge in [0.1, 0.15) is 0 Å². The standard InChI is InChI=1S/C11H21NO3/c1-11(14,8-12)6-10(13)15-7-9-4-2-3-5-9/h9,14H,2-8,12H2,1H3. The molecule has 4 nitrogen and oxygen atoms in total. The van der Waals surface area contributed by atoms with E-state index in [4.69, 9.17) is 10.5 Å². The highest BCUT2D eigenvalue weighted by Gasteiger charge is 2.24. The molecule has 1 unspecified atom stereocenters. The number of carbonyl (C=O) groups is 1. The predicted octanol–water partition coefficient (Wildman–Crippen LogP) is 0.820. The highest BCUT2D eigenvalue weighted by atomic mass is 16.5. The molecule has 0 amide bonds. The Labute approximate surface area is 90.8 Å². The predicted molar refractivity (Wildman–Crippen MR) is 57.2 cm³/mol. The van der Waals surface area contributed by atoms with Gasteiger partial charge < -0.3 is 15.6 Å². The Kier molecular flexibility index (Phi) is 4.54. The van der Waals surface area contributed by atoms with Crippen LogP contribution in [-0.2, 0) is 9.53 Å². The average molecular weight is 215 g/mol. The third-order valence-electron chi connectivity index (χ3n) is 2.92. The lowest BCUT2D eigenvalue weighted by atomic mass is 10.0. The zero-order valence-electron chi connectivity index (χ0n) is 9.37. The van der Waals surface area contributed by atoms with Gasteiger partial charge in [-0.1, -0.05) is 12.8 Å². The highest BCUT2D eigenvalue weighted by molar-refractivity contribution is 5.70. The summed E-state index contributed by atoms with van der Waals surface area (Å²) in [5, 5.41) is 9.56. The monoisotopic (exact) mass is 215 g/mol. The first-order chi connectivity index (χ1) is 7.03. The molecular formula is C11H21NO3. The molecular weight excluding hydrogens is 194 g/mol. The molecule has 1 saturated carbocycles. The molecule has 0 aromatic carbocycles. The normalized spacial score (nSPS) is 21.3. The van der Waals surface area contributed by atoms with Gasteiger partial charge in [-0.25, -0.2) is 0 Å². The summed E-state index contributed by atoms with van der Waals surface area (Å²) in [7, 11) is 0. The number of rotatable bonds is 5. The minimum Gasteiger partial charge on any atom is -0.465 e. The SMILES string of the molecule is CC(O)(CN)CC(=O)OCC1CCCC1. The van der Waals surface area contributed by atoms with Crippen molar-refractivity contribution >= 4 is 5.97 Å². The third kappa shape index (κ3) is 4.62. The molecule has 88 valence electrons. The van der Waals surface area contributed by atoms with Crippen LogP contribution < -0.4 is 5.73 Å². The van der Waals surface area contributed by atoms with Crippen molar-refractivity contribution < 1.29 is 14.6 Å². The van der Waals surface area contributed by atoms with Gasteiger partial charge in [-0.2, -0.15) is 0 Å². The van der Waals surface area contributed by atoms with Crippen molar-refractivity contribution in [3.8, 4) is 0 Å². The van der Waals surface area contributed by atoms with E-state index in [-0.39, 0.29) is 18.9 Å². The molecule has 0 aromatic rings. The van der Waals surface area contributed by atoms with Crippen LogP contribution in [0, 0.1) is 5.92 Å². The van der Waals surface area contributed by atoms with E-state index in [0.717, 1.165) is 12.8 Å². The molecule has 0 spiro atoms. The molecule has 0 heterocycles. The quantitative estimate of drug-likeness (QED) is 0.666. The Balaban J connectivity index is 2.18. The summed E-state index contributed by atoms with van der Waals surface area (Å²) in [5.41, 5.74) is 4.18. The number of hydrogen-bond acceptors (Lipinski definition) is 4. The lowest BCUT2D eigenvalue weighted by Crippen LogP contribution is -2.37. The van der Waals surface area contributed by atoms with Gasteiger partial charge in [-0.05, 0) is 25.7 Å². The van der Waals surface area contributed by atoms with E-state index in [0.29, 0.717) is 12.5 Å². The maximum atomic E-state index is 11.3. The van der Waals surface area contributed by atoms with Gasteiger partial charge in [0, 0.05) is 6.54 Å². The molecule has 3 N–H and O–H groups in total. The van der Waals surface area contributed by atoms with E-state index in [2.05, 4.69) is 0 Å². The lowest BCUT2D eigenvalue weighted by molar-refractivity contribution is -0.149. The van der Waals surface area contributed by atoms with Gasteiger partial charge in [-0.3, -0.25) is 4.79 Å². The summed E-state index contributed by atoms with van der Waals surface area (Å²) >= 11 is 0. The van der Waals surface area contributed by atoms with Crippen LogP contribution in [0.5, 0.6) is 0 Å². The Morgan fingerprint density at radius 2 is 2.13 bits per heavy atom. The van der Waals surface area contributed by atoms with Crippen molar-refractivity contribution in [2.45, 2.75) is 44.6 Å². The molecule has 15 heavy (non-hydrogen) atoms. The second-order valence-corrected chi connectivity index (χ2v) is 4.71. The van der Waals surface area contributed by atoms with Crippen LogP contribution in [0.1, 0.15) is 39.0 Å². The average Bonchev–Trinajstić information content (AvgIpc) is 2.66. The molecule has 0 saturated heterocycles. The smallest absolute Gasteiger partial charge is 0.308 e. The van der Waals surface area contributed by atoms with Crippen LogP contribution in [0.2, 0.25) is 0 Å². The van der Waals surface area contributed by atoms with Gasteiger partial charge in [0.25, 0.3) is 0 Å². The Morgan fingerprint density at radius 3 is 2.67 bits per heavy atom. The van der Waals surface area contributed by atoms with E-state index in [1.807, 2.05) is 0 Å². The summed E-state index contributed by atoms with van der Waals surface area (Å²) in [6.45, 7) is 2.12. The Morgan fingerprint density at radius 1 is 1.53 bits per heavy atom. The topological polar surface area (TPSA) is 72.5 Å². The van der Waals surface area contributed by atoms with Crippen molar-refractivity contribution in [2.24, 2.45) is 11.7 Å². The van der Waals surface area contributed by atoms with Crippen molar-refractivity contribution in [3.05, 3.63) is 0 Å². The van der Waals surface area contributed by atoms with Crippen molar-refractivity contribution in [1.29, 1.82) is 0 Å². The number of aliphatic hydroxyl groups is 1. The molecule has 1 aliphatic rings. The number of hydrogen-bond donors (Lipinski definition) is 2. The fourth-order valence-corrected chi connectivity index (χ4v) is 1.82. The molecule has 1 rings (SSSR count). The van der Waals surface area contributed by atoms with Gasteiger partial charge in [-0.15, -0.1) is 0 Å². The Bertz CT molecular complexity index is 210. The summed E-state index contributed by atoms with van der Waals surface area (Å²) in [6, 6.07) is 0. The summed E-state index contributed by atoms with van der Waals surface area (Å²) in [5.74, 6) is 0.175. The van der Waals surface area contributed by atoms with E-state index >= 15 is 0 Å². The molecule has 4 heteroatoms. The summed E-state index contributed by atoms with van der Waals surface area (Å²) in [6.07, 6.45) is 4.77. The second-order valence-electron chi connectivity index (χ2n) is 4.71. The van der Waals surface area contributed by atoms with Crippen molar-refractivity contribution in [2.75, 3.05) is 13.2 Å². The lowest BCUT2D eigenvalue weighted by Gasteiger charge is -2.20. The minimum atomic E-state index is -1.13. The largest absolute Gasteiger partial charge is 0.465 e. The van der Waals surface area contributed by atoms with Gasteiger partial charge in [0.15, 0.2) is 0 Å². The third-order valence-corrected chi connectivity index (χ3v) is 2.92. The van der Waals surface area contributed by atoms with Crippen molar-refractivity contribution in [3.63, 3.8) is 0 Å². The van der Waals surface area contributed by atoms with Crippen LogP contribution in [0.4, 0.5) is 0 Å². The van der Waals surface area contributed by atoms with Crippen LogP contribution >= 0.6 is 0 Å². The molecule has 0 bridgehead atoms. The first-order valence-electron chi connectivity index (χ1n) is 5.61. The van der Waals surface area contributed by atoms with E-state index in [9.17, 15) is 9.90 Å². The van der Waals surface area contributed by atoms with Gasteiger partial charge >= 0.3 is 5.97 Å². The zero-order valence-corrected chi connectivity index (χ0v) is 9.37. The van der Waals surface area contributed by atoms with Gasteiger partial charge in [0.2, 0.25) is 0 Å². The number of esters is 1. The number of ether oxygens (including phenoxy) is 1. The minimum absolute atomic E-state index is 0.0176. The highest BCUT2D eigenvalue weighted by Crippen LogP contribution is 2.24. The van der Waals surface area contributed by atoms with E-state index in [1.165, 1.54) is 12.8 Å².